The maximum atomic E-state index is 11.7. The van der Waals surface area contributed by atoms with Crippen molar-refractivity contribution in [1.82, 2.24) is 0 Å². The van der Waals surface area contributed by atoms with Crippen molar-refractivity contribution < 1.29 is 19.4 Å². The third kappa shape index (κ3) is 3.00. The molecular weight excluding hydrogens is 376 g/mol. The predicted molar refractivity (Wildman–Crippen MR) is 115 cm³/mol. The highest BCUT2D eigenvalue weighted by Gasteiger charge is 2.62. The minimum Gasteiger partial charge on any atom is -0.494 e. The van der Waals surface area contributed by atoms with E-state index in [-0.39, 0.29) is 35.6 Å². The van der Waals surface area contributed by atoms with Crippen LogP contribution >= 0.6 is 0 Å². The van der Waals surface area contributed by atoms with Crippen LogP contribution in [0.1, 0.15) is 84.5 Å². The number of ether oxygens (including phenoxy) is 2. The average Bonchev–Trinajstić information content (AvgIpc) is 3.35. The van der Waals surface area contributed by atoms with Gasteiger partial charge in [0.1, 0.15) is 12.2 Å². The van der Waals surface area contributed by atoms with Crippen LogP contribution < -0.4 is 0 Å². The van der Waals surface area contributed by atoms with Gasteiger partial charge in [-0.25, -0.2) is 0 Å². The minimum atomic E-state index is -0.217. The van der Waals surface area contributed by atoms with Gasteiger partial charge in [-0.15, -0.1) is 0 Å². The molecule has 0 aliphatic heterocycles. The molecule has 5 aliphatic rings. The van der Waals surface area contributed by atoms with Crippen molar-refractivity contribution in [2.75, 3.05) is 6.61 Å². The summed E-state index contributed by atoms with van der Waals surface area (Å²) in [5, 5.41) is 10.9. The van der Waals surface area contributed by atoms with E-state index in [0.29, 0.717) is 17.8 Å². The Balaban J connectivity index is 1.46. The van der Waals surface area contributed by atoms with Crippen molar-refractivity contribution in [2.45, 2.75) is 96.7 Å². The number of fused-ring (bicyclic) bond motifs is 5. The Morgan fingerprint density at radius 3 is 2.70 bits per heavy atom. The van der Waals surface area contributed by atoms with E-state index in [2.05, 4.69) is 19.1 Å². The number of aliphatic hydroxyl groups is 1. The standard InChI is InChI=1S/C26H38O4/c1-17(28)29-23-13-12-21-20-11-10-18-6-5-9-24(30-19-7-3-4-8-19)26(18,16-27)22(20)14-15-25(21,23)2/h7,10,20-24,27H,3-6,8-9,11-16H2,1-2H3/t20?,21?,22?,23-,24?,25-,26-/m0/s1. The van der Waals surface area contributed by atoms with Crippen LogP contribution in [0.15, 0.2) is 23.5 Å². The van der Waals surface area contributed by atoms with Crippen molar-refractivity contribution in [1.29, 1.82) is 0 Å². The molecule has 30 heavy (non-hydrogen) atoms. The van der Waals surface area contributed by atoms with Crippen molar-refractivity contribution in [2.24, 2.45) is 28.6 Å². The van der Waals surface area contributed by atoms with Gasteiger partial charge in [0, 0.05) is 18.8 Å². The molecule has 4 heteroatoms. The Bertz CT molecular complexity index is 754. The summed E-state index contributed by atoms with van der Waals surface area (Å²) in [6.07, 6.45) is 17.0. The second-order valence-electron chi connectivity index (χ2n) is 10.8. The molecule has 0 spiro atoms. The minimum absolute atomic E-state index is 0.0541. The van der Waals surface area contributed by atoms with Gasteiger partial charge in [0.25, 0.3) is 0 Å². The fourth-order valence-electron chi connectivity index (χ4n) is 8.24. The lowest BCUT2D eigenvalue weighted by Gasteiger charge is -2.59. The molecule has 0 aromatic rings. The number of hydrogen-bond donors (Lipinski definition) is 1. The quantitative estimate of drug-likeness (QED) is 0.500. The topological polar surface area (TPSA) is 55.8 Å². The van der Waals surface area contributed by atoms with Gasteiger partial charge in [0.05, 0.1) is 17.8 Å². The van der Waals surface area contributed by atoms with Crippen molar-refractivity contribution >= 4 is 5.97 Å². The number of esters is 1. The number of carbonyl (C=O) groups excluding carboxylic acids is 1. The smallest absolute Gasteiger partial charge is 0.302 e. The van der Waals surface area contributed by atoms with Gasteiger partial charge < -0.3 is 14.6 Å². The average molecular weight is 415 g/mol. The number of rotatable bonds is 4. The summed E-state index contributed by atoms with van der Waals surface area (Å²) >= 11 is 0. The number of hydrogen-bond acceptors (Lipinski definition) is 4. The molecule has 3 saturated carbocycles. The van der Waals surface area contributed by atoms with Gasteiger partial charge in [0.15, 0.2) is 0 Å². The fraction of sp³-hybridized carbons (Fsp3) is 0.808. The van der Waals surface area contributed by atoms with Crippen LogP contribution in [0.25, 0.3) is 0 Å². The van der Waals surface area contributed by atoms with E-state index in [9.17, 15) is 9.90 Å². The summed E-state index contributed by atoms with van der Waals surface area (Å²) in [5.74, 6) is 2.61. The SMILES string of the molecule is CC(=O)O[C@H]1CCC2C3CC=C4CCCC(OC5=CCCC5)[C@]4(CO)C3CC[C@@]21C. The predicted octanol–water partition coefficient (Wildman–Crippen LogP) is 5.31. The molecular formula is C26H38O4. The molecule has 166 valence electrons. The van der Waals surface area contributed by atoms with E-state index in [0.717, 1.165) is 63.5 Å². The first-order valence-corrected chi connectivity index (χ1v) is 12.3. The highest BCUT2D eigenvalue weighted by Crippen LogP contribution is 2.65. The van der Waals surface area contributed by atoms with Gasteiger partial charge in [-0.2, -0.15) is 0 Å². The van der Waals surface area contributed by atoms with E-state index in [1.165, 1.54) is 18.4 Å². The van der Waals surface area contributed by atoms with Gasteiger partial charge >= 0.3 is 5.97 Å². The number of allylic oxidation sites excluding steroid dienone is 3. The maximum absolute atomic E-state index is 11.7. The first-order valence-electron chi connectivity index (χ1n) is 12.3. The zero-order valence-electron chi connectivity index (χ0n) is 18.7. The van der Waals surface area contributed by atoms with Crippen LogP contribution in [0.4, 0.5) is 0 Å². The summed E-state index contributed by atoms with van der Waals surface area (Å²) in [4.78, 5) is 11.7. The van der Waals surface area contributed by atoms with Gasteiger partial charge in [-0.3, -0.25) is 4.79 Å². The molecule has 4 nitrogen and oxygen atoms in total. The van der Waals surface area contributed by atoms with E-state index in [1.54, 1.807) is 6.92 Å². The van der Waals surface area contributed by atoms with E-state index >= 15 is 0 Å². The van der Waals surface area contributed by atoms with Crippen molar-refractivity contribution in [3.05, 3.63) is 23.5 Å². The van der Waals surface area contributed by atoms with E-state index < -0.39 is 0 Å². The normalized spacial score (nSPS) is 45.0. The van der Waals surface area contributed by atoms with Crippen LogP contribution in [0.3, 0.4) is 0 Å². The van der Waals surface area contributed by atoms with E-state index in [4.69, 9.17) is 9.47 Å². The summed E-state index contributed by atoms with van der Waals surface area (Å²) in [6.45, 7) is 4.10. The Morgan fingerprint density at radius 1 is 1.10 bits per heavy atom. The maximum Gasteiger partial charge on any atom is 0.302 e. The molecule has 5 aliphatic carbocycles. The second-order valence-corrected chi connectivity index (χ2v) is 10.8. The molecule has 0 aromatic carbocycles. The van der Waals surface area contributed by atoms with Gasteiger partial charge in [0.2, 0.25) is 0 Å². The van der Waals surface area contributed by atoms with Crippen LogP contribution in [0, 0.1) is 28.6 Å². The van der Waals surface area contributed by atoms with Crippen LogP contribution in [-0.4, -0.2) is 29.9 Å². The van der Waals surface area contributed by atoms with Crippen molar-refractivity contribution in [3.63, 3.8) is 0 Å². The molecule has 3 fully saturated rings. The molecule has 5 rings (SSSR count). The van der Waals surface area contributed by atoms with E-state index in [1.807, 2.05) is 0 Å². The highest BCUT2D eigenvalue weighted by atomic mass is 16.5. The lowest BCUT2D eigenvalue weighted by molar-refractivity contribution is -0.161. The molecule has 1 N–H and O–H groups in total. The summed E-state index contributed by atoms with van der Waals surface area (Å²) < 4.78 is 12.5. The Hall–Kier alpha value is -1.29. The summed E-state index contributed by atoms with van der Waals surface area (Å²) in [5.41, 5.74) is 1.33. The molecule has 7 atom stereocenters. The monoisotopic (exact) mass is 414 g/mol. The summed E-state index contributed by atoms with van der Waals surface area (Å²) in [6, 6.07) is 0. The molecule has 4 unspecified atom stereocenters. The van der Waals surface area contributed by atoms with Crippen LogP contribution in [0.5, 0.6) is 0 Å². The largest absolute Gasteiger partial charge is 0.494 e. The Morgan fingerprint density at radius 2 is 1.97 bits per heavy atom. The lowest BCUT2D eigenvalue weighted by Crippen LogP contribution is -2.58. The molecule has 0 bridgehead atoms. The van der Waals surface area contributed by atoms with Gasteiger partial charge in [-0.1, -0.05) is 18.6 Å². The first-order chi connectivity index (χ1) is 14.5. The Kier molecular flexibility index (Phi) is 5.28. The first kappa shape index (κ1) is 20.6. The second kappa shape index (κ2) is 7.69. The van der Waals surface area contributed by atoms with Crippen LogP contribution in [0.2, 0.25) is 0 Å². The molecule has 0 aromatic heterocycles. The fourth-order valence-corrected chi connectivity index (χ4v) is 8.24. The van der Waals surface area contributed by atoms with Crippen molar-refractivity contribution in [3.8, 4) is 0 Å². The number of aliphatic hydroxyl groups excluding tert-OH is 1. The number of carbonyl (C=O) groups is 1. The zero-order chi connectivity index (χ0) is 20.9. The third-order valence-corrected chi connectivity index (χ3v) is 9.60. The third-order valence-electron chi connectivity index (χ3n) is 9.60. The molecule has 0 radical (unpaired) electrons. The molecule has 0 saturated heterocycles. The lowest BCUT2D eigenvalue weighted by atomic mass is 9.47. The Labute approximate surface area is 181 Å². The van der Waals surface area contributed by atoms with Gasteiger partial charge in [-0.05, 0) is 88.0 Å². The highest BCUT2D eigenvalue weighted by molar-refractivity contribution is 5.66. The molecule has 0 amide bonds. The zero-order valence-corrected chi connectivity index (χ0v) is 18.7. The molecule has 0 heterocycles. The summed E-state index contributed by atoms with van der Waals surface area (Å²) in [7, 11) is 0. The van der Waals surface area contributed by atoms with Crippen LogP contribution in [-0.2, 0) is 14.3 Å².